The van der Waals surface area contributed by atoms with Crippen LogP contribution >= 0.6 is 0 Å². The SMILES string of the molecule is CC.CC.CC.CC/C=C(\C=C/CF)Cc1cncc(O)c(C=O)c(=O)n2cc1NCC(F)(F)C2.CNCCN1C=NC(C)C=C1C. The molecule has 1 aromatic rings. The zero-order chi connectivity index (χ0) is 36.4. The van der Waals surface area contributed by atoms with E-state index in [0.717, 1.165) is 24.9 Å². The summed E-state index contributed by atoms with van der Waals surface area (Å²) in [5, 5.41) is 15.7. The third-order valence-electron chi connectivity index (χ3n) is 6.14. The zero-order valence-corrected chi connectivity index (χ0v) is 29.9. The third-order valence-corrected chi connectivity index (χ3v) is 6.14. The molecule has 2 aliphatic heterocycles. The molecule has 2 aliphatic rings. The first-order valence-corrected chi connectivity index (χ1v) is 16.3. The average molecular weight is 667 g/mol. The van der Waals surface area contributed by atoms with E-state index in [1.165, 1.54) is 24.2 Å². The number of rotatable bonds is 9. The number of aliphatic imine (C=N–C) groups is 1. The summed E-state index contributed by atoms with van der Waals surface area (Å²) >= 11 is 0. The van der Waals surface area contributed by atoms with Gasteiger partial charge in [0.15, 0.2) is 6.29 Å². The van der Waals surface area contributed by atoms with Gasteiger partial charge in [-0.15, -0.1) is 0 Å². The van der Waals surface area contributed by atoms with Crippen molar-refractivity contribution in [2.24, 2.45) is 4.99 Å². The molecule has 9 nitrogen and oxygen atoms in total. The molecule has 0 amide bonds. The average Bonchev–Trinajstić information content (AvgIpc) is 3.23. The standard InChI is InChI=1S/C20H22F3N3O3.C9H17N3.3C2H6/c1-2-4-14(5-3-6-21)7-15-8-24-9-18(28)16(11-27)19(29)26-10-17(15)25-12-20(22,23)13-26;1-8-6-9(2)12(7-11-8)5-4-10-3;3*1-2/h3-5,8-11,25,28H,2,6-7,12-13H2,1H3;6-8,10H,4-5H2,1-3H3;3*1-2H3/b5-3-,14-4+,15-8?,18-16?,24-9?;;;;. The number of nitrogens with zero attached hydrogens (tertiary/aromatic N) is 4. The molecule has 2 bridgehead atoms. The molecule has 3 heterocycles. The van der Waals surface area contributed by atoms with E-state index in [0.29, 0.717) is 22.6 Å². The lowest BCUT2D eigenvalue weighted by atomic mass is 10.0. The van der Waals surface area contributed by atoms with Gasteiger partial charge in [0.25, 0.3) is 11.5 Å². The van der Waals surface area contributed by atoms with Crippen molar-refractivity contribution in [2.45, 2.75) is 93.7 Å². The number of allylic oxidation sites excluding steroid dienone is 5. The van der Waals surface area contributed by atoms with Crippen LogP contribution in [-0.4, -0.2) is 77.5 Å². The summed E-state index contributed by atoms with van der Waals surface area (Å²) < 4.78 is 41.6. The maximum atomic E-state index is 14.2. The molecule has 3 N–H and O–H groups in total. The van der Waals surface area contributed by atoms with Gasteiger partial charge in [0.05, 0.1) is 37.4 Å². The van der Waals surface area contributed by atoms with Gasteiger partial charge in [0, 0.05) is 37.6 Å². The highest BCUT2D eigenvalue weighted by Crippen LogP contribution is 2.25. The van der Waals surface area contributed by atoms with Crippen molar-refractivity contribution in [3.63, 3.8) is 0 Å². The number of nitrogens with one attached hydrogen (secondary N) is 2. The van der Waals surface area contributed by atoms with Crippen LogP contribution in [0.5, 0.6) is 5.75 Å². The number of aromatic hydroxyl groups is 1. The first-order valence-electron chi connectivity index (χ1n) is 16.3. The Morgan fingerprint density at radius 2 is 1.85 bits per heavy atom. The highest BCUT2D eigenvalue weighted by Gasteiger charge is 2.32. The number of carbonyl (C=O) groups excluding carboxylic acids is 1. The smallest absolute Gasteiger partial charge is 0.282 e. The molecular weight excluding hydrogens is 609 g/mol. The topological polar surface area (TPSA) is 112 Å². The van der Waals surface area contributed by atoms with E-state index in [1.54, 1.807) is 6.08 Å². The van der Waals surface area contributed by atoms with Gasteiger partial charge in [-0.3, -0.25) is 19.6 Å². The van der Waals surface area contributed by atoms with Gasteiger partial charge < -0.3 is 25.2 Å². The van der Waals surface area contributed by atoms with E-state index >= 15 is 0 Å². The molecule has 266 valence electrons. The van der Waals surface area contributed by atoms with Crippen LogP contribution in [0.1, 0.15) is 84.7 Å². The van der Waals surface area contributed by atoms with Gasteiger partial charge in [0.1, 0.15) is 18.0 Å². The molecule has 0 radical (unpaired) electrons. The number of fused-ring (bicyclic) bond motifs is 2. The number of aromatic nitrogens is 2. The summed E-state index contributed by atoms with van der Waals surface area (Å²) in [5.41, 5.74) is 0.961. The first-order chi connectivity index (χ1) is 22.5. The molecule has 1 aromatic heterocycles. The number of hydrogen-bond acceptors (Lipinski definition) is 8. The summed E-state index contributed by atoms with van der Waals surface area (Å²) in [6.07, 6.45) is 13.3. The summed E-state index contributed by atoms with van der Waals surface area (Å²) in [6, 6.07) is 0.343. The Labute approximate surface area is 279 Å². The number of alkyl halides is 3. The van der Waals surface area contributed by atoms with Gasteiger partial charge in [-0.25, -0.2) is 13.2 Å². The molecule has 1 atom stereocenters. The van der Waals surface area contributed by atoms with E-state index in [1.807, 2.05) is 67.9 Å². The summed E-state index contributed by atoms with van der Waals surface area (Å²) in [4.78, 5) is 34.2. The molecule has 0 fully saturated rings. The van der Waals surface area contributed by atoms with Gasteiger partial charge in [-0.2, -0.15) is 0 Å². The van der Waals surface area contributed by atoms with Crippen LogP contribution in [0, 0.1) is 0 Å². The lowest BCUT2D eigenvalue weighted by molar-refractivity contribution is -0.00169. The Balaban J connectivity index is 0. The molecule has 0 aliphatic carbocycles. The van der Waals surface area contributed by atoms with Gasteiger partial charge in [-0.1, -0.05) is 66.7 Å². The van der Waals surface area contributed by atoms with E-state index < -0.39 is 42.6 Å². The number of hydrogen-bond donors (Lipinski definition) is 3. The monoisotopic (exact) mass is 666 g/mol. The lowest BCUT2D eigenvalue weighted by Gasteiger charge is -2.24. The van der Waals surface area contributed by atoms with Crippen LogP contribution < -0.4 is 16.2 Å². The molecule has 3 rings (SSSR count). The molecule has 0 saturated carbocycles. The predicted octanol–water partition coefficient (Wildman–Crippen LogP) is 7.27. The Hall–Kier alpha value is -3.93. The molecular formula is C35H57F3N6O3. The normalized spacial score (nSPS) is 15.7. The van der Waals surface area contributed by atoms with Crippen LogP contribution in [0.25, 0.3) is 0 Å². The maximum absolute atomic E-state index is 14.2. The second kappa shape index (κ2) is 26.2. The van der Waals surface area contributed by atoms with Crippen molar-refractivity contribution < 1.29 is 23.1 Å². The maximum Gasteiger partial charge on any atom is 0.282 e. The number of anilines is 1. The lowest BCUT2D eigenvalue weighted by Crippen LogP contribution is -2.34. The molecule has 47 heavy (non-hydrogen) atoms. The Morgan fingerprint density at radius 1 is 1.19 bits per heavy atom. The highest BCUT2D eigenvalue weighted by molar-refractivity contribution is 5.77. The molecule has 0 spiro atoms. The fourth-order valence-corrected chi connectivity index (χ4v) is 4.06. The van der Waals surface area contributed by atoms with Crippen molar-refractivity contribution in [1.29, 1.82) is 0 Å². The fraction of sp³-hybridized carbons (Fsp3) is 0.543. The van der Waals surface area contributed by atoms with Gasteiger partial charge >= 0.3 is 0 Å². The minimum Gasteiger partial charge on any atom is -0.505 e. The molecule has 12 heteroatoms. The van der Waals surface area contributed by atoms with Crippen molar-refractivity contribution in [3.05, 3.63) is 75.6 Å². The Kier molecular flexibility index (Phi) is 25.2. The fourth-order valence-electron chi connectivity index (χ4n) is 4.06. The van der Waals surface area contributed by atoms with Crippen molar-refractivity contribution in [3.8, 4) is 5.75 Å². The van der Waals surface area contributed by atoms with Crippen LogP contribution in [-0.2, 0) is 13.0 Å². The van der Waals surface area contributed by atoms with Crippen molar-refractivity contribution in [2.75, 3.05) is 38.7 Å². The minimum absolute atomic E-state index is 0.101. The first kappa shape index (κ1) is 45.2. The second-order valence-corrected chi connectivity index (χ2v) is 9.57. The third kappa shape index (κ3) is 17.0. The second-order valence-electron chi connectivity index (χ2n) is 9.57. The van der Waals surface area contributed by atoms with Crippen LogP contribution in [0.15, 0.2) is 64.0 Å². The summed E-state index contributed by atoms with van der Waals surface area (Å²) in [6.45, 7) is 17.8. The molecule has 0 saturated heterocycles. The Bertz CT molecular complexity index is 1290. The highest BCUT2D eigenvalue weighted by atomic mass is 19.3. The number of aldehydes is 1. The number of likely N-dealkylation sites (N-methyl/N-ethyl adjacent to an activating group) is 1. The number of halogens is 3. The number of carbonyl (C=O) groups is 1. The molecule has 0 aromatic carbocycles. The van der Waals surface area contributed by atoms with Gasteiger partial charge in [0.2, 0.25) is 0 Å². The van der Waals surface area contributed by atoms with Crippen LogP contribution in [0.3, 0.4) is 0 Å². The van der Waals surface area contributed by atoms with E-state index in [-0.39, 0.29) is 18.4 Å². The molecule has 1 unspecified atom stereocenters. The van der Waals surface area contributed by atoms with Crippen LogP contribution in [0.2, 0.25) is 0 Å². The summed E-state index contributed by atoms with van der Waals surface area (Å²) in [5.74, 6) is -3.99. The zero-order valence-electron chi connectivity index (χ0n) is 29.9. The van der Waals surface area contributed by atoms with E-state index in [2.05, 4.69) is 45.4 Å². The van der Waals surface area contributed by atoms with Crippen LogP contribution in [0.4, 0.5) is 18.9 Å². The largest absolute Gasteiger partial charge is 0.505 e. The quantitative estimate of drug-likeness (QED) is 0.188. The predicted molar refractivity (Wildman–Crippen MR) is 190 cm³/mol. The minimum atomic E-state index is -3.27. The van der Waals surface area contributed by atoms with E-state index in [4.69, 9.17) is 0 Å². The van der Waals surface area contributed by atoms with E-state index in [9.17, 15) is 27.9 Å². The van der Waals surface area contributed by atoms with Crippen molar-refractivity contribution in [1.82, 2.24) is 19.8 Å². The summed E-state index contributed by atoms with van der Waals surface area (Å²) in [7, 11) is 1.96. The Morgan fingerprint density at radius 3 is 2.40 bits per heavy atom. The van der Waals surface area contributed by atoms with Crippen molar-refractivity contribution >= 4 is 18.3 Å². The van der Waals surface area contributed by atoms with Gasteiger partial charge in [-0.05, 0) is 44.5 Å².